The van der Waals surface area contributed by atoms with Gasteiger partial charge in [0.2, 0.25) is 0 Å². The van der Waals surface area contributed by atoms with Gasteiger partial charge in [-0.05, 0) is 50.5 Å². The molecule has 0 aromatic heterocycles. The Kier molecular flexibility index (Phi) is 4.25. The fraction of sp³-hybridized carbons (Fsp3) is 0.556. The van der Waals surface area contributed by atoms with Gasteiger partial charge in [0.05, 0.1) is 11.6 Å². The molecule has 0 spiro atoms. The summed E-state index contributed by atoms with van der Waals surface area (Å²) in [5.74, 6) is -0.903. The van der Waals surface area contributed by atoms with E-state index in [9.17, 15) is 9.59 Å². The van der Waals surface area contributed by atoms with Crippen molar-refractivity contribution in [3.63, 3.8) is 0 Å². The Morgan fingerprint density at radius 2 is 1.96 bits per heavy atom. The van der Waals surface area contributed by atoms with Crippen LogP contribution in [0, 0.1) is 0 Å². The molecule has 1 aromatic carbocycles. The Morgan fingerprint density at radius 1 is 1.21 bits per heavy atom. The summed E-state index contributed by atoms with van der Waals surface area (Å²) in [6.45, 7) is 8.54. The number of carboxylic acid groups (broad SMARTS) is 1. The lowest BCUT2D eigenvalue weighted by molar-refractivity contribution is 0.00194. The quantitative estimate of drug-likeness (QED) is 0.856. The van der Waals surface area contributed by atoms with Gasteiger partial charge in [0, 0.05) is 26.2 Å². The highest BCUT2D eigenvalue weighted by molar-refractivity contribution is 5.88. The van der Waals surface area contributed by atoms with E-state index in [1.54, 1.807) is 17.0 Å². The van der Waals surface area contributed by atoms with Gasteiger partial charge in [-0.1, -0.05) is 6.07 Å². The van der Waals surface area contributed by atoms with E-state index in [4.69, 9.17) is 9.84 Å². The lowest BCUT2D eigenvalue weighted by atomic mass is 9.89. The number of aromatic carboxylic acids is 1. The number of carbonyl (C=O) groups is 2. The minimum atomic E-state index is -0.903. The smallest absolute Gasteiger partial charge is 0.410 e. The topological polar surface area (TPSA) is 70.1 Å². The minimum absolute atomic E-state index is 0.109. The first-order chi connectivity index (χ1) is 11.2. The van der Waals surface area contributed by atoms with Crippen LogP contribution < -0.4 is 0 Å². The molecule has 6 heteroatoms. The third-order valence-electron chi connectivity index (χ3n) is 4.56. The monoisotopic (exact) mass is 332 g/mol. The molecule has 1 atom stereocenters. The normalized spacial score (nSPS) is 21.0. The highest BCUT2D eigenvalue weighted by atomic mass is 16.6. The Labute approximate surface area is 142 Å². The van der Waals surface area contributed by atoms with Gasteiger partial charge in [-0.15, -0.1) is 0 Å². The number of fused-ring (bicyclic) bond motifs is 3. The maximum Gasteiger partial charge on any atom is 0.410 e. The van der Waals surface area contributed by atoms with Gasteiger partial charge < -0.3 is 14.7 Å². The molecule has 0 radical (unpaired) electrons. The molecule has 2 aliphatic heterocycles. The average Bonchev–Trinajstić information content (AvgIpc) is 2.52. The van der Waals surface area contributed by atoms with E-state index in [1.807, 2.05) is 26.8 Å². The van der Waals surface area contributed by atoms with Crippen molar-refractivity contribution in [1.82, 2.24) is 9.80 Å². The maximum atomic E-state index is 12.4. The molecule has 1 saturated heterocycles. The van der Waals surface area contributed by atoms with Crippen LogP contribution in [-0.4, -0.2) is 58.7 Å². The van der Waals surface area contributed by atoms with Crippen LogP contribution in [-0.2, 0) is 11.2 Å². The first-order valence-electron chi connectivity index (χ1n) is 8.33. The van der Waals surface area contributed by atoms with Gasteiger partial charge >= 0.3 is 12.1 Å². The zero-order valence-electron chi connectivity index (χ0n) is 14.4. The van der Waals surface area contributed by atoms with Crippen LogP contribution in [0.4, 0.5) is 4.79 Å². The molecule has 3 rings (SSSR count). The number of benzene rings is 1. The summed E-state index contributed by atoms with van der Waals surface area (Å²) < 4.78 is 5.49. The number of piperazine rings is 1. The average molecular weight is 332 g/mol. The molecular formula is C18H24N2O4. The van der Waals surface area contributed by atoms with Crippen LogP contribution in [0.25, 0.3) is 0 Å². The third-order valence-corrected chi connectivity index (χ3v) is 4.56. The second-order valence-electron chi connectivity index (χ2n) is 7.45. The molecule has 0 unspecified atom stereocenters. The molecular weight excluding hydrogens is 308 g/mol. The molecule has 1 amide bonds. The molecule has 0 bridgehead atoms. The van der Waals surface area contributed by atoms with Gasteiger partial charge in [-0.2, -0.15) is 0 Å². The third kappa shape index (κ3) is 3.38. The van der Waals surface area contributed by atoms with E-state index >= 15 is 0 Å². The highest BCUT2D eigenvalue weighted by Gasteiger charge is 2.35. The van der Waals surface area contributed by atoms with Crippen LogP contribution in [0.15, 0.2) is 18.2 Å². The van der Waals surface area contributed by atoms with E-state index in [1.165, 1.54) is 0 Å². The van der Waals surface area contributed by atoms with Crippen LogP contribution in [0.1, 0.15) is 48.3 Å². The summed E-state index contributed by atoms with van der Waals surface area (Å²) in [7, 11) is 0. The molecule has 1 N–H and O–H groups in total. The first-order valence-corrected chi connectivity index (χ1v) is 8.33. The van der Waals surface area contributed by atoms with E-state index in [0.29, 0.717) is 18.7 Å². The Hall–Kier alpha value is -2.08. The number of amides is 1. The van der Waals surface area contributed by atoms with E-state index in [0.717, 1.165) is 30.6 Å². The summed E-state index contributed by atoms with van der Waals surface area (Å²) in [4.78, 5) is 27.6. The molecule has 2 heterocycles. The fourth-order valence-corrected chi connectivity index (χ4v) is 3.42. The summed E-state index contributed by atoms with van der Waals surface area (Å²) in [6, 6.07) is 5.42. The predicted molar refractivity (Wildman–Crippen MR) is 89.2 cm³/mol. The largest absolute Gasteiger partial charge is 0.478 e. The molecule has 0 saturated carbocycles. The van der Waals surface area contributed by atoms with Gasteiger partial charge in [-0.3, -0.25) is 4.90 Å². The predicted octanol–water partition coefficient (Wildman–Crippen LogP) is 2.53. The number of hydrogen-bond acceptors (Lipinski definition) is 4. The van der Waals surface area contributed by atoms with Gasteiger partial charge in [0.25, 0.3) is 0 Å². The SMILES string of the molecule is CC(C)(C)OC(=O)N1CCN2CCc3cc(C(=O)O)ccc3[C@@H]2C1. The number of carbonyl (C=O) groups excluding carboxylic acids is 1. The summed E-state index contributed by atoms with van der Waals surface area (Å²) in [6.07, 6.45) is 0.566. The van der Waals surface area contributed by atoms with E-state index in [-0.39, 0.29) is 12.1 Å². The highest BCUT2D eigenvalue weighted by Crippen LogP contribution is 2.33. The number of nitrogens with zero attached hydrogens (tertiary/aromatic N) is 2. The summed E-state index contributed by atoms with van der Waals surface area (Å²) >= 11 is 0. The molecule has 6 nitrogen and oxygen atoms in total. The molecule has 24 heavy (non-hydrogen) atoms. The van der Waals surface area contributed by atoms with Crippen LogP contribution in [0.3, 0.4) is 0 Å². The summed E-state index contributed by atoms with van der Waals surface area (Å²) in [5, 5.41) is 9.16. The van der Waals surface area contributed by atoms with Crippen molar-refractivity contribution in [3.8, 4) is 0 Å². The Morgan fingerprint density at radius 3 is 2.62 bits per heavy atom. The van der Waals surface area contributed by atoms with Crippen LogP contribution >= 0.6 is 0 Å². The van der Waals surface area contributed by atoms with Crippen molar-refractivity contribution in [2.45, 2.75) is 38.8 Å². The minimum Gasteiger partial charge on any atom is -0.478 e. The number of rotatable bonds is 1. The second-order valence-corrected chi connectivity index (χ2v) is 7.45. The van der Waals surface area contributed by atoms with Crippen molar-refractivity contribution in [1.29, 1.82) is 0 Å². The molecule has 1 fully saturated rings. The van der Waals surface area contributed by atoms with Crippen molar-refractivity contribution in [3.05, 3.63) is 34.9 Å². The van der Waals surface area contributed by atoms with Crippen molar-refractivity contribution in [2.75, 3.05) is 26.2 Å². The standard InChI is InChI=1S/C18H24N2O4/c1-18(2,3)24-17(23)20-9-8-19-7-6-12-10-13(16(21)22)4-5-14(12)15(19)11-20/h4-5,10,15H,6-9,11H2,1-3H3,(H,21,22)/t15-/m0/s1. The van der Waals surface area contributed by atoms with Gasteiger partial charge in [0.1, 0.15) is 5.60 Å². The number of ether oxygens (including phenoxy) is 1. The fourth-order valence-electron chi connectivity index (χ4n) is 3.42. The zero-order chi connectivity index (χ0) is 17.5. The maximum absolute atomic E-state index is 12.4. The van der Waals surface area contributed by atoms with Crippen molar-refractivity contribution in [2.24, 2.45) is 0 Å². The Bertz CT molecular complexity index is 665. The van der Waals surface area contributed by atoms with Crippen molar-refractivity contribution < 1.29 is 19.4 Å². The van der Waals surface area contributed by atoms with E-state index in [2.05, 4.69) is 4.90 Å². The van der Waals surface area contributed by atoms with Gasteiger partial charge in [0.15, 0.2) is 0 Å². The lowest BCUT2D eigenvalue weighted by Gasteiger charge is -2.44. The number of carboxylic acids is 1. The zero-order valence-corrected chi connectivity index (χ0v) is 14.4. The molecule has 1 aromatic rings. The number of hydrogen-bond donors (Lipinski definition) is 1. The first kappa shape index (κ1) is 16.8. The van der Waals surface area contributed by atoms with Crippen LogP contribution in [0.5, 0.6) is 0 Å². The van der Waals surface area contributed by atoms with Gasteiger partial charge in [-0.25, -0.2) is 9.59 Å². The molecule has 130 valence electrons. The van der Waals surface area contributed by atoms with E-state index < -0.39 is 11.6 Å². The Balaban J connectivity index is 1.80. The van der Waals surface area contributed by atoms with Crippen LogP contribution in [0.2, 0.25) is 0 Å². The molecule has 2 aliphatic rings. The van der Waals surface area contributed by atoms with Crippen molar-refractivity contribution >= 4 is 12.1 Å². The second kappa shape index (κ2) is 6.09. The lowest BCUT2D eigenvalue weighted by Crippen LogP contribution is -2.53. The summed E-state index contributed by atoms with van der Waals surface area (Å²) in [5.41, 5.74) is 2.01. The molecule has 0 aliphatic carbocycles.